The van der Waals surface area contributed by atoms with Crippen LogP contribution in [0.3, 0.4) is 0 Å². The van der Waals surface area contributed by atoms with Gasteiger partial charge in [-0.1, -0.05) is 18.2 Å². The molecule has 0 unspecified atom stereocenters. The van der Waals surface area contributed by atoms with Gasteiger partial charge in [-0.2, -0.15) is 0 Å². The van der Waals surface area contributed by atoms with Gasteiger partial charge in [-0.25, -0.2) is 4.39 Å². The topological polar surface area (TPSA) is 55.8 Å². The van der Waals surface area contributed by atoms with E-state index < -0.39 is 5.82 Å². The van der Waals surface area contributed by atoms with Crippen molar-refractivity contribution in [3.05, 3.63) is 59.4 Å². The lowest BCUT2D eigenvalue weighted by molar-refractivity contribution is -0.132. The molecule has 0 aliphatic carbocycles. The van der Waals surface area contributed by atoms with Crippen molar-refractivity contribution in [1.82, 2.24) is 4.90 Å². The van der Waals surface area contributed by atoms with E-state index in [-0.39, 0.29) is 23.4 Å². The Kier molecular flexibility index (Phi) is 6.86. The van der Waals surface area contributed by atoms with Gasteiger partial charge in [-0.05, 0) is 49.1 Å². The molecule has 1 amide bonds. The number of rotatable bonds is 7. The summed E-state index contributed by atoms with van der Waals surface area (Å²) in [5.74, 6) is -0.0966. The minimum absolute atomic E-state index is 0.0225. The Hall–Kier alpha value is -2.89. The fourth-order valence-corrected chi connectivity index (χ4v) is 3.78. The van der Waals surface area contributed by atoms with Crippen molar-refractivity contribution < 1.29 is 23.5 Å². The molecular formula is C23H26FNO4. The van der Waals surface area contributed by atoms with E-state index in [1.807, 2.05) is 24.3 Å². The second-order valence-corrected chi connectivity index (χ2v) is 7.20. The molecule has 0 spiro atoms. The maximum atomic E-state index is 14.0. The molecule has 29 heavy (non-hydrogen) atoms. The van der Waals surface area contributed by atoms with Crippen molar-refractivity contribution in [2.24, 2.45) is 5.92 Å². The summed E-state index contributed by atoms with van der Waals surface area (Å²) in [6.07, 6.45) is 2.40. The van der Waals surface area contributed by atoms with E-state index in [0.717, 1.165) is 17.7 Å². The van der Waals surface area contributed by atoms with Crippen LogP contribution in [0.2, 0.25) is 0 Å². The van der Waals surface area contributed by atoms with Gasteiger partial charge in [0.1, 0.15) is 5.75 Å². The van der Waals surface area contributed by atoms with Gasteiger partial charge in [-0.3, -0.25) is 9.59 Å². The zero-order valence-electron chi connectivity index (χ0n) is 16.8. The number of benzene rings is 2. The summed E-state index contributed by atoms with van der Waals surface area (Å²) >= 11 is 0. The number of amides is 1. The van der Waals surface area contributed by atoms with E-state index in [1.165, 1.54) is 19.2 Å². The fourth-order valence-electron chi connectivity index (χ4n) is 3.78. The number of para-hydroxylation sites is 1. The lowest BCUT2D eigenvalue weighted by Gasteiger charge is -2.32. The van der Waals surface area contributed by atoms with Gasteiger partial charge in [-0.15, -0.1) is 0 Å². The average Bonchev–Trinajstić information content (AvgIpc) is 2.77. The van der Waals surface area contributed by atoms with Crippen LogP contribution in [-0.4, -0.2) is 43.9 Å². The highest BCUT2D eigenvalue weighted by Crippen LogP contribution is 2.25. The largest absolute Gasteiger partial charge is 0.496 e. The first kappa shape index (κ1) is 20.8. The molecule has 2 aromatic carbocycles. The monoisotopic (exact) mass is 399 g/mol. The fraction of sp³-hybridized carbons (Fsp3) is 0.391. The van der Waals surface area contributed by atoms with E-state index in [0.29, 0.717) is 37.9 Å². The number of ketones is 1. The number of nitrogens with zero attached hydrogens (tertiary/aromatic N) is 1. The van der Waals surface area contributed by atoms with Crippen LogP contribution >= 0.6 is 0 Å². The molecule has 6 heteroatoms. The molecule has 154 valence electrons. The van der Waals surface area contributed by atoms with Crippen molar-refractivity contribution in [1.29, 1.82) is 0 Å². The van der Waals surface area contributed by atoms with Crippen LogP contribution in [0.5, 0.6) is 11.5 Å². The molecule has 0 radical (unpaired) electrons. The molecule has 1 saturated heterocycles. The number of aryl methyl sites for hydroxylation is 1. The van der Waals surface area contributed by atoms with E-state index in [1.54, 1.807) is 18.1 Å². The Bertz CT molecular complexity index is 883. The van der Waals surface area contributed by atoms with Crippen LogP contribution in [0, 0.1) is 11.7 Å². The maximum Gasteiger partial charge on any atom is 0.222 e. The van der Waals surface area contributed by atoms with Crippen LogP contribution in [0.25, 0.3) is 0 Å². The minimum Gasteiger partial charge on any atom is -0.496 e. The highest BCUT2D eigenvalue weighted by Gasteiger charge is 2.29. The molecule has 1 aliphatic rings. The van der Waals surface area contributed by atoms with Gasteiger partial charge in [0, 0.05) is 31.0 Å². The highest BCUT2D eigenvalue weighted by atomic mass is 19.1. The number of halogens is 1. The predicted octanol–water partition coefficient (Wildman–Crippen LogP) is 3.90. The standard InChI is InChI=1S/C23H26FNO4/c1-28-20-8-4-3-6-16(20)10-12-22(26)25-13-5-7-18(15-25)23(27)17-9-11-21(29-2)19(24)14-17/h3-4,6,8-9,11,14,18H,5,7,10,12-13,15H2,1-2H3/t18-/m0/s1. The Morgan fingerprint density at radius 2 is 1.86 bits per heavy atom. The third-order valence-electron chi connectivity index (χ3n) is 5.38. The molecule has 2 aromatic rings. The number of likely N-dealkylation sites (tertiary alicyclic amines) is 1. The van der Waals surface area contributed by atoms with Crippen LogP contribution < -0.4 is 9.47 Å². The van der Waals surface area contributed by atoms with Gasteiger partial charge >= 0.3 is 0 Å². The molecule has 3 rings (SSSR count). The zero-order chi connectivity index (χ0) is 20.8. The van der Waals surface area contributed by atoms with Gasteiger partial charge in [0.25, 0.3) is 0 Å². The minimum atomic E-state index is -0.557. The van der Waals surface area contributed by atoms with Crippen LogP contribution in [0.4, 0.5) is 4.39 Å². The van der Waals surface area contributed by atoms with Gasteiger partial charge in [0.05, 0.1) is 14.2 Å². The first-order valence-corrected chi connectivity index (χ1v) is 9.81. The first-order valence-electron chi connectivity index (χ1n) is 9.81. The van der Waals surface area contributed by atoms with Gasteiger partial charge in [0.15, 0.2) is 17.3 Å². The highest BCUT2D eigenvalue weighted by molar-refractivity contribution is 5.98. The summed E-state index contributed by atoms with van der Waals surface area (Å²) < 4.78 is 24.2. The Morgan fingerprint density at radius 3 is 2.59 bits per heavy atom. The molecule has 1 heterocycles. The summed E-state index contributed by atoms with van der Waals surface area (Å²) in [4.78, 5) is 27.3. The van der Waals surface area contributed by atoms with Crippen LogP contribution in [-0.2, 0) is 11.2 Å². The average molecular weight is 399 g/mol. The second kappa shape index (κ2) is 9.54. The number of carbonyl (C=O) groups excluding carboxylic acids is 2. The van der Waals surface area contributed by atoms with Crippen molar-refractivity contribution in [3.8, 4) is 11.5 Å². The zero-order valence-corrected chi connectivity index (χ0v) is 16.8. The molecule has 1 aliphatic heterocycles. The summed E-state index contributed by atoms with van der Waals surface area (Å²) in [6, 6.07) is 11.9. The normalized spacial score (nSPS) is 16.4. The van der Waals surface area contributed by atoms with E-state index in [4.69, 9.17) is 9.47 Å². The maximum absolute atomic E-state index is 14.0. The molecule has 1 atom stereocenters. The van der Waals surface area contributed by atoms with E-state index >= 15 is 0 Å². The van der Waals surface area contributed by atoms with Crippen molar-refractivity contribution >= 4 is 11.7 Å². The van der Waals surface area contributed by atoms with Crippen LogP contribution in [0.1, 0.15) is 35.2 Å². The smallest absolute Gasteiger partial charge is 0.222 e. The number of methoxy groups -OCH3 is 2. The summed E-state index contributed by atoms with van der Waals surface area (Å²) in [5, 5.41) is 0. The number of hydrogen-bond donors (Lipinski definition) is 0. The summed E-state index contributed by atoms with van der Waals surface area (Å²) in [6.45, 7) is 1.02. The van der Waals surface area contributed by atoms with Crippen LogP contribution in [0.15, 0.2) is 42.5 Å². The first-order chi connectivity index (χ1) is 14.0. The molecule has 0 aromatic heterocycles. The van der Waals surface area contributed by atoms with Crippen molar-refractivity contribution in [2.75, 3.05) is 27.3 Å². The number of piperidine rings is 1. The predicted molar refractivity (Wildman–Crippen MR) is 108 cm³/mol. The molecule has 5 nitrogen and oxygen atoms in total. The third kappa shape index (κ3) is 4.94. The van der Waals surface area contributed by atoms with E-state index in [2.05, 4.69) is 0 Å². The second-order valence-electron chi connectivity index (χ2n) is 7.20. The lowest BCUT2D eigenvalue weighted by Crippen LogP contribution is -2.42. The Morgan fingerprint density at radius 1 is 1.10 bits per heavy atom. The quantitative estimate of drug-likeness (QED) is 0.663. The van der Waals surface area contributed by atoms with Gasteiger partial charge in [0.2, 0.25) is 5.91 Å². The number of ether oxygens (including phenoxy) is 2. The molecule has 0 bridgehead atoms. The van der Waals surface area contributed by atoms with Crippen molar-refractivity contribution in [2.45, 2.75) is 25.7 Å². The number of carbonyl (C=O) groups is 2. The third-order valence-corrected chi connectivity index (χ3v) is 5.38. The molecule has 0 saturated carbocycles. The summed E-state index contributed by atoms with van der Waals surface area (Å²) in [5.41, 5.74) is 1.30. The molecule has 1 fully saturated rings. The Balaban J connectivity index is 1.61. The molecule has 0 N–H and O–H groups in total. The lowest BCUT2D eigenvalue weighted by atomic mass is 9.89. The SMILES string of the molecule is COc1ccc(C(=O)[C@H]2CCCN(C(=O)CCc3ccccc3OC)C2)cc1F. The van der Waals surface area contributed by atoms with Crippen molar-refractivity contribution in [3.63, 3.8) is 0 Å². The number of Topliss-reactive ketones (excluding diaryl/α,β-unsaturated/α-hetero) is 1. The molecular weight excluding hydrogens is 373 g/mol. The van der Waals surface area contributed by atoms with E-state index in [9.17, 15) is 14.0 Å². The Labute approximate surface area is 170 Å². The van der Waals surface area contributed by atoms with Gasteiger partial charge < -0.3 is 14.4 Å². The summed E-state index contributed by atoms with van der Waals surface area (Å²) in [7, 11) is 3.00. The number of hydrogen-bond acceptors (Lipinski definition) is 4.